The highest BCUT2D eigenvalue weighted by Gasteiger charge is 2.33. The molecule has 2 aliphatic carbocycles. The Morgan fingerprint density at radius 1 is 1.00 bits per heavy atom. The molecule has 0 amide bonds. The quantitative estimate of drug-likeness (QED) is 0.686. The highest BCUT2D eigenvalue weighted by molar-refractivity contribution is 6.69. The zero-order valence-electron chi connectivity index (χ0n) is 15.9. The molecule has 0 heterocycles. The molecule has 0 aromatic heterocycles. The molecule has 130 valence electrons. The first-order valence-electron chi connectivity index (χ1n) is 9.72. The van der Waals surface area contributed by atoms with Crippen LogP contribution in [0.3, 0.4) is 0 Å². The molecular weight excluding hydrogens is 306 g/mol. The first-order valence-corrected chi connectivity index (χ1v) is 12.0. The molecule has 3 rings (SSSR count). The van der Waals surface area contributed by atoms with Crippen LogP contribution in [0.2, 0.25) is 6.55 Å². The Labute approximate surface area is 150 Å². The molecule has 0 saturated heterocycles. The lowest BCUT2D eigenvalue weighted by molar-refractivity contribution is 0.287. The van der Waals surface area contributed by atoms with Crippen molar-refractivity contribution in [1.29, 1.82) is 0 Å². The Morgan fingerprint density at radius 2 is 1.67 bits per heavy atom. The van der Waals surface area contributed by atoms with E-state index in [1.54, 1.807) is 16.5 Å². The Balaban J connectivity index is 1.99. The predicted octanol–water partition coefficient (Wildman–Crippen LogP) is 5.14. The molecule has 1 aromatic carbocycles. The first-order chi connectivity index (χ1) is 11.5. The molecule has 1 saturated carbocycles. The molecule has 2 aliphatic rings. The minimum absolute atomic E-state index is 0.236. The second-order valence-electron chi connectivity index (χ2n) is 8.50. The van der Waals surface area contributed by atoms with Crippen molar-refractivity contribution in [1.82, 2.24) is 4.57 Å². The monoisotopic (exact) mass is 339 g/mol. The minimum Gasteiger partial charge on any atom is -0.396 e. The SMILES string of the molecule is C[SiH](c1ccccc1)N(C1=C(C(C)(C)C)C=CC1)C1CCCCC1. The average molecular weight is 340 g/mol. The van der Waals surface area contributed by atoms with Gasteiger partial charge in [0.15, 0.2) is 8.96 Å². The molecule has 0 bridgehead atoms. The smallest absolute Gasteiger partial charge is 0.168 e. The highest BCUT2D eigenvalue weighted by atomic mass is 28.3. The van der Waals surface area contributed by atoms with Gasteiger partial charge in [-0.1, -0.05) is 89.1 Å². The number of rotatable bonds is 4. The van der Waals surface area contributed by atoms with E-state index in [1.807, 2.05) is 0 Å². The van der Waals surface area contributed by atoms with Crippen molar-refractivity contribution in [2.45, 2.75) is 71.9 Å². The Hall–Kier alpha value is -1.28. The van der Waals surface area contributed by atoms with Gasteiger partial charge in [-0.3, -0.25) is 0 Å². The molecule has 1 fully saturated rings. The van der Waals surface area contributed by atoms with E-state index in [-0.39, 0.29) is 5.41 Å². The summed E-state index contributed by atoms with van der Waals surface area (Å²) in [6, 6.07) is 12.0. The van der Waals surface area contributed by atoms with Crippen LogP contribution >= 0.6 is 0 Å². The zero-order chi connectivity index (χ0) is 17.2. The molecule has 0 spiro atoms. The van der Waals surface area contributed by atoms with E-state index in [2.05, 4.69) is 74.4 Å². The van der Waals surface area contributed by atoms with Crippen molar-refractivity contribution < 1.29 is 0 Å². The maximum absolute atomic E-state index is 2.93. The van der Waals surface area contributed by atoms with Crippen molar-refractivity contribution in [3.63, 3.8) is 0 Å². The summed E-state index contributed by atoms with van der Waals surface area (Å²) in [6.07, 6.45) is 12.9. The van der Waals surface area contributed by atoms with Crippen molar-refractivity contribution in [3.8, 4) is 0 Å². The summed E-state index contributed by atoms with van der Waals surface area (Å²) in [5.41, 5.74) is 3.45. The second kappa shape index (κ2) is 7.31. The molecule has 0 radical (unpaired) electrons. The normalized spacial score (nSPS) is 20.5. The molecule has 24 heavy (non-hydrogen) atoms. The van der Waals surface area contributed by atoms with Gasteiger partial charge in [-0.2, -0.15) is 0 Å². The lowest BCUT2D eigenvalue weighted by Crippen LogP contribution is -2.51. The number of hydrogen-bond acceptors (Lipinski definition) is 1. The number of hydrogen-bond donors (Lipinski definition) is 0. The van der Waals surface area contributed by atoms with Crippen LogP contribution < -0.4 is 5.19 Å². The number of nitrogens with zero attached hydrogens (tertiary/aromatic N) is 1. The van der Waals surface area contributed by atoms with Gasteiger partial charge in [0.05, 0.1) is 0 Å². The number of benzene rings is 1. The lowest BCUT2D eigenvalue weighted by atomic mass is 9.86. The van der Waals surface area contributed by atoms with Crippen LogP contribution in [0.5, 0.6) is 0 Å². The maximum Gasteiger partial charge on any atom is 0.168 e. The third-order valence-electron chi connectivity index (χ3n) is 5.69. The molecule has 1 aromatic rings. The van der Waals surface area contributed by atoms with Crippen molar-refractivity contribution in [2.75, 3.05) is 0 Å². The average Bonchev–Trinajstić information content (AvgIpc) is 3.06. The molecule has 0 aliphatic heterocycles. The first kappa shape index (κ1) is 17.5. The summed E-state index contributed by atoms with van der Waals surface area (Å²) < 4.78 is 2.93. The fraction of sp³-hybridized carbons (Fsp3) is 0.545. The fourth-order valence-corrected chi connectivity index (χ4v) is 7.19. The van der Waals surface area contributed by atoms with Crippen molar-refractivity contribution in [3.05, 3.63) is 53.8 Å². The summed E-state index contributed by atoms with van der Waals surface area (Å²) >= 11 is 0. The molecular formula is C22H33NSi. The van der Waals surface area contributed by atoms with E-state index in [4.69, 9.17) is 0 Å². The van der Waals surface area contributed by atoms with Gasteiger partial charge < -0.3 is 4.57 Å². The van der Waals surface area contributed by atoms with Crippen molar-refractivity contribution >= 4 is 14.1 Å². The van der Waals surface area contributed by atoms with E-state index in [1.165, 1.54) is 32.1 Å². The predicted molar refractivity (Wildman–Crippen MR) is 108 cm³/mol. The third kappa shape index (κ3) is 3.69. The van der Waals surface area contributed by atoms with Crippen LogP contribution in [0.25, 0.3) is 0 Å². The van der Waals surface area contributed by atoms with Crippen LogP contribution in [0.15, 0.2) is 53.8 Å². The topological polar surface area (TPSA) is 3.24 Å². The summed E-state index contributed by atoms with van der Waals surface area (Å²) in [5.74, 6) is 0. The van der Waals surface area contributed by atoms with E-state index in [0.29, 0.717) is 0 Å². The van der Waals surface area contributed by atoms with Crippen LogP contribution in [0.1, 0.15) is 59.3 Å². The van der Waals surface area contributed by atoms with Gasteiger partial charge in [-0.05, 0) is 29.0 Å². The van der Waals surface area contributed by atoms with Crippen molar-refractivity contribution in [2.24, 2.45) is 5.41 Å². The summed E-state index contributed by atoms with van der Waals surface area (Å²) in [5, 5.41) is 1.58. The fourth-order valence-electron chi connectivity index (χ4n) is 4.44. The van der Waals surface area contributed by atoms with Gasteiger partial charge in [-0.15, -0.1) is 0 Å². The van der Waals surface area contributed by atoms with Crippen LogP contribution in [-0.2, 0) is 0 Å². The third-order valence-corrected chi connectivity index (χ3v) is 8.61. The standard InChI is InChI=1S/C22H33NSi/c1-22(2,3)20-16-11-17-21(20)23(18-12-7-5-8-13-18)24(4)19-14-9-6-10-15-19/h6,9-11,14-16,18,24H,5,7-8,12-13,17H2,1-4H3. The second-order valence-corrected chi connectivity index (χ2v) is 11.1. The molecule has 0 N–H and O–H groups in total. The van der Waals surface area contributed by atoms with Gasteiger partial charge in [0.1, 0.15) is 0 Å². The summed E-state index contributed by atoms with van der Waals surface area (Å²) in [6.45, 7) is 9.64. The minimum atomic E-state index is -1.18. The van der Waals surface area contributed by atoms with Gasteiger partial charge in [0, 0.05) is 18.2 Å². The zero-order valence-corrected chi connectivity index (χ0v) is 17.0. The van der Waals surface area contributed by atoms with Gasteiger partial charge >= 0.3 is 0 Å². The molecule has 1 unspecified atom stereocenters. The van der Waals surface area contributed by atoms with E-state index >= 15 is 0 Å². The summed E-state index contributed by atoms with van der Waals surface area (Å²) in [4.78, 5) is 0. The molecule has 1 atom stereocenters. The van der Waals surface area contributed by atoms with Gasteiger partial charge in [-0.25, -0.2) is 0 Å². The van der Waals surface area contributed by atoms with Gasteiger partial charge in [0.25, 0.3) is 0 Å². The van der Waals surface area contributed by atoms with E-state index in [9.17, 15) is 0 Å². The van der Waals surface area contributed by atoms with Crippen LogP contribution in [0, 0.1) is 5.41 Å². The molecule has 2 heteroatoms. The highest BCUT2D eigenvalue weighted by Crippen LogP contribution is 2.38. The number of allylic oxidation sites excluding steroid dienone is 3. The van der Waals surface area contributed by atoms with E-state index < -0.39 is 8.96 Å². The Morgan fingerprint density at radius 3 is 2.29 bits per heavy atom. The Bertz CT molecular complexity index is 603. The molecule has 1 nitrogen and oxygen atoms in total. The largest absolute Gasteiger partial charge is 0.396 e. The van der Waals surface area contributed by atoms with E-state index in [0.717, 1.165) is 12.5 Å². The van der Waals surface area contributed by atoms with Gasteiger partial charge in [0.2, 0.25) is 0 Å². The van der Waals surface area contributed by atoms with Crippen LogP contribution in [0.4, 0.5) is 0 Å². The summed E-state index contributed by atoms with van der Waals surface area (Å²) in [7, 11) is -1.18. The lowest BCUT2D eigenvalue weighted by Gasteiger charge is -2.43. The Kier molecular flexibility index (Phi) is 5.34. The van der Waals surface area contributed by atoms with Crippen LogP contribution in [-0.4, -0.2) is 19.6 Å². The maximum atomic E-state index is 2.93.